The molecule has 0 amide bonds. The second kappa shape index (κ2) is 7.02. The SMILES string of the molecule is CCOC(=O)c1c(-c2ccc3c(c2)OCO3)c2ccc[nH]c-2c1-c1ccccc1. The van der Waals surface area contributed by atoms with E-state index in [0.29, 0.717) is 23.7 Å². The predicted octanol–water partition coefficient (Wildman–Crippen LogP) is 5.36. The van der Waals surface area contributed by atoms with Crippen molar-refractivity contribution < 1.29 is 19.0 Å². The van der Waals surface area contributed by atoms with Crippen LogP contribution in [0.5, 0.6) is 11.5 Å². The Morgan fingerprint density at radius 2 is 1.79 bits per heavy atom. The Bertz CT molecular complexity index is 1160. The molecule has 0 spiro atoms. The largest absolute Gasteiger partial charge is 0.462 e. The minimum absolute atomic E-state index is 0.203. The number of ether oxygens (including phenoxy) is 3. The molecular formula is C24H19NO4. The summed E-state index contributed by atoms with van der Waals surface area (Å²) >= 11 is 0. The van der Waals surface area contributed by atoms with Crippen molar-refractivity contribution in [3.63, 3.8) is 0 Å². The average Bonchev–Trinajstić information content (AvgIpc) is 3.36. The third-order valence-electron chi connectivity index (χ3n) is 5.08. The zero-order valence-electron chi connectivity index (χ0n) is 15.9. The second-order valence-electron chi connectivity index (χ2n) is 6.74. The van der Waals surface area contributed by atoms with Gasteiger partial charge in [0.05, 0.1) is 17.9 Å². The van der Waals surface area contributed by atoms with Gasteiger partial charge in [0.15, 0.2) is 11.5 Å². The summed E-state index contributed by atoms with van der Waals surface area (Å²) in [6.45, 7) is 2.32. The van der Waals surface area contributed by atoms with Gasteiger partial charge < -0.3 is 19.2 Å². The number of carbonyl (C=O) groups excluding carboxylic acids is 1. The number of carbonyl (C=O) groups is 1. The molecule has 1 aliphatic carbocycles. The molecule has 5 heteroatoms. The molecule has 0 aromatic heterocycles. The average molecular weight is 385 g/mol. The summed E-state index contributed by atoms with van der Waals surface area (Å²) in [5.74, 6) is 1.04. The Hall–Kier alpha value is -3.73. The number of aromatic amines is 1. The molecule has 1 N–H and O–H groups in total. The molecule has 2 aliphatic heterocycles. The van der Waals surface area contributed by atoms with Crippen LogP contribution < -0.4 is 9.47 Å². The van der Waals surface area contributed by atoms with Crippen LogP contribution in [0.3, 0.4) is 0 Å². The summed E-state index contributed by atoms with van der Waals surface area (Å²) in [7, 11) is 0. The summed E-state index contributed by atoms with van der Waals surface area (Å²) in [5.41, 5.74) is 5.90. The van der Waals surface area contributed by atoms with Gasteiger partial charge in [-0.15, -0.1) is 0 Å². The van der Waals surface area contributed by atoms with E-state index in [2.05, 4.69) is 4.98 Å². The van der Waals surface area contributed by atoms with Gasteiger partial charge in [0.25, 0.3) is 0 Å². The first-order valence-corrected chi connectivity index (χ1v) is 9.53. The number of hydrogen-bond donors (Lipinski definition) is 1. The van der Waals surface area contributed by atoms with Crippen LogP contribution in [-0.4, -0.2) is 24.4 Å². The van der Waals surface area contributed by atoms with Gasteiger partial charge >= 0.3 is 5.97 Å². The number of hydrogen-bond acceptors (Lipinski definition) is 4. The van der Waals surface area contributed by atoms with E-state index in [1.807, 2.05) is 73.8 Å². The lowest BCUT2D eigenvalue weighted by Gasteiger charge is -2.09. The third-order valence-corrected chi connectivity index (χ3v) is 5.08. The van der Waals surface area contributed by atoms with Gasteiger partial charge in [0, 0.05) is 22.9 Å². The fourth-order valence-corrected chi connectivity index (χ4v) is 3.89. The summed E-state index contributed by atoms with van der Waals surface area (Å²) < 4.78 is 16.5. The van der Waals surface area contributed by atoms with Crippen molar-refractivity contribution in [3.8, 4) is 45.0 Å². The van der Waals surface area contributed by atoms with Crippen LogP contribution in [0.25, 0.3) is 33.5 Å². The van der Waals surface area contributed by atoms with Gasteiger partial charge in [-0.3, -0.25) is 0 Å². The predicted molar refractivity (Wildman–Crippen MR) is 110 cm³/mol. The zero-order chi connectivity index (χ0) is 19.8. The number of benzene rings is 2. The summed E-state index contributed by atoms with van der Waals surface area (Å²) in [6.07, 6.45) is 1.87. The van der Waals surface area contributed by atoms with Gasteiger partial charge in [-0.05, 0) is 36.2 Å². The third kappa shape index (κ3) is 2.83. The quantitative estimate of drug-likeness (QED) is 0.481. The van der Waals surface area contributed by atoms with E-state index in [-0.39, 0.29) is 12.8 Å². The Morgan fingerprint density at radius 1 is 0.966 bits per heavy atom. The number of fused-ring (bicyclic) bond motifs is 2. The normalized spacial score (nSPS) is 12.3. The smallest absolute Gasteiger partial charge is 0.339 e. The molecule has 0 fully saturated rings. The van der Waals surface area contributed by atoms with E-state index in [0.717, 1.165) is 33.5 Å². The molecule has 0 bridgehead atoms. The standard InChI is InChI=1S/C24H19NO4/c1-2-27-24(26)22-20(16-10-11-18-19(13-16)29-14-28-18)17-9-6-12-25-23(17)21(22)15-7-4-3-5-8-15/h3-13,25H,2,14H2,1H3. The highest BCUT2D eigenvalue weighted by Crippen LogP contribution is 2.48. The van der Waals surface area contributed by atoms with E-state index >= 15 is 0 Å². The Balaban J connectivity index is 1.83. The first kappa shape index (κ1) is 17.4. The molecule has 29 heavy (non-hydrogen) atoms. The molecule has 0 saturated carbocycles. The van der Waals surface area contributed by atoms with Gasteiger partial charge in [-0.25, -0.2) is 4.79 Å². The van der Waals surface area contributed by atoms with Crippen molar-refractivity contribution in [1.82, 2.24) is 4.98 Å². The minimum atomic E-state index is -0.344. The highest BCUT2D eigenvalue weighted by molar-refractivity contribution is 6.14. The molecule has 0 saturated heterocycles. The molecule has 2 aromatic rings. The summed E-state index contributed by atoms with van der Waals surface area (Å²) in [4.78, 5) is 16.5. The van der Waals surface area contributed by atoms with Crippen LogP contribution in [0.1, 0.15) is 17.3 Å². The Morgan fingerprint density at radius 3 is 2.62 bits per heavy atom. The topological polar surface area (TPSA) is 60.6 Å². The first-order valence-electron chi connectivity index (χ1n) is 9.53. The maximum Gasteiger partial charge on any atom is 0.339 e. The zero-order valence-corrected chi connectivity index (χ0v) is 15.9. The van der Waals surface area contributed by atoms with Crippen LogP contribution in [-0.2, 0) is 4.74 Å². The maximum atomic E-state index is 13.1. The number of nitrogens with one attached hydrogen (secondary N) is 1. The van der Waals surface area contributed by atoms with Gasteiger partial charge in [0.2, 0.25) is 6.79 Å². The van der Waals surface area contributed by atoms with E-state index in [1.165, 1.54) is 0 Å². The van der Waals surface area contributed by atoms with Crippen LogP contribution in [0.15, 0.2) is 66.9 Å². The van der Waals surface area contributed by atoms with E-state index in [9.17, 15) is 4.79 Å². The molecule has 2 heterocycles. The monoisotopic (exact) mass is 385 g/mol. The van der Waals surface area contributed by atoms with Crippen LogP contribution in [0, 0.1) is 0 Å². The van der Waals surface area contributed by atoms with E-state index in [4.69, 9.17) is 14.2 Å². The van der Waals surface area contributed by atoms with E-state index < -0.39 is 0 Å². The molecule has 2 aromatic carbocycles. The van der Waals surface area contributed by atoms with Gasteiger partial charge in [-0.2, -0.15) is 0 Å². The fraction of sp³-hybridized carbons (Fsp3) is 0.125. The maximum absolute atomic E-state index is 13.1. The lowest BCUT2D eigenvalue weighted by molar-refractivity contribution is 0.0528. The van der Waals surface area contributed by atoms with Crippen LogP contribution >= 0.6 is 0 Å². The van der Waals surface area contributed by atoms with Crippen molar-refractivity contribution in [2.45, 2.75) is 6.92 Å². The summed E-state index contributed by atoms with van der Waals surface area (Å²) in [6, 6.07) is 19.6. The number of pyridine rings is 1. The first-order chi connectivity index (χ1) is 14.3. The molecule has 5 nitrogen and oxygen atoms in total. The van der Waals surface area contributed by atoms with Crippen molar-refractivity contribution in [2.75, 3.05) is 13.4 Å². The minimum Gasteiger partial charge on any atom is -0.462 e. The Labute approximate surface area is 168 Å². The molecule has 0 unspecified atom stereocenters. The van der Waals surface area contributed by atoms with Crippen molar-refractivity contribution in [1.29, 1.82) is 0 Å². The number of esters is 1. The molecule has 0 atom stereocenters. The molecule has 144 valence electrons. The summed E-state index contributed by atoms with van der Waals surface area (Å²) in [5, 5.41) is 0. The second-order valence-corrected chi connectivity index (χ2v) is 6.74. The van der Waals surface area contributed by atoms with E-state index in [1.54, 1.807) is 0 Å². The number of H-pyrrole nitrogens is 1. The molecule has 3 aliphatic rings. The Kier molecular flexibility index (Phi) is 4.21. The molecular weight excluding hydrogens is 366 g/mol. The van der Waals surface area contributed by atoms with Crippen molar-refractivity contribution in [3.05, 3.63) is 72.4 Å². The van der Waals surface area contributed by atoms with Gasteiger partial charge in [0.1, 0.15) is 0 Å². The fourth-order valence-electron chi connectivity index (χ4n) is 3.89. The van der Waals surface area contributed by atoms with Crippen molar-refractivity contribution in [2.24, 2.45) is 0 Å². The lowest BCUT2D eigenvalue weighted by atomic mass is 9.98. The number of rotatable bonds is 4. The molecule has 0 radical (unpaired) electrons. The molecule has 5 rings (SSSR count). The van der Waals surface area contributed by atoms with Crippen LogP contribution in [0.2, 0.25) is 0 Å². The highest BCUT2D eigenvalue weighted by atomic mass is 16.7. The van der Waals surface area contributed by atoms with Crippen LogP contribution in [0.4, 0.5) is 0 Å². The number of aromatic nitrogens is 1. The van der Waals surface area contributed by atoms with Gasteiger partial charge in [-0.1, -0.05) is 42.5 Å². The van der Waals surface area contributed by atoms with Crippen molar-refractivity contribution >= 4 is 5.97 Å². The lowest BCUT2D eigenvalue weighted by Crippen LogP contribution is -2.06. The highest BCUT2D eigenvalue weighted by Gasteiger charge is 2.31.